The molecule has 0 aliphatic heterocycles. The van der Waals surface area contributed by atoms with Crippen LogP contribution in [-0.2, 0) is 4.79 Å². The molecular weight excluding hydrogens is 264 g/mol. The maximum atomic E-state index is 11.7. The summed E-state index contributed by atoms with van der Waals surface area (Å²) in [5, 5.41) is 2.94. The van der Waals surface area contributed by atoms with Gasteiger partial charge in [0.2, 0.25) is 5.91 Å². The standard InChI is InChI=1S/C13H16N2OS2/c1-13(2,3)15-11(16)8-17-12-14-9-6-4-5-7-10(9)18-12/h4-7H,8H2,1-3H3,(H,15,16). The molecule has 0 spiro atoms. The molecule has 1 aromatic carbocycles. The Morgan fingerprint density at radius 2 is 2.11 bits per heavy atom. The van der Waals surface area contributed by atoms with Gasteiger partial charge >= 0.3 is 0 Å². The van der Waals surface area contributed by atoms with Crippen LogP contribution in [0.2, 0.25) is 0 Å². The van der Waals surface area contributed by atoms with Crippen molar-refractivity contribution >= 4 is 39.2 Å². The molecular formula is C13H16N2OS2. The number of nitrogens with zero attached hydrogens (tertiary/aromatic N) is 1. The average molecular weight is 280 g/mol. The second kappa shape index (κ2) is 5.28. The smallest absolute Gasteiger partial charge is 0.230 e. The number of fused-ring (bicyclic) bond motifs is 1. The largest absolute Gasteiger partial charge is 0.351 e. The van der Waals surface area contributed by atoms with Gasteiger partial charge in [0.05, 0.1) is 16.0 Å². The van der Waals surface area contributed by atoms with Crippen molar-refractivity contribution in [3.8, 4) is 0 Å². The third-order valence-corrected chi connectivity index (χ3v) is 4.29. The molecule has 0 aliphatic rings. The van der Waals surface area contributed by atoms with E-state index in [1.807, 2.05) is 45.0 Å². The van der Waals surface area contributed by atoms with Crippen molar-refractivity contribution in [1.82, 2.24) is 10.3 Å². The van der Waals surface area contributed by atoms with Crippen LogP contribution in [0.5, 0.6) is 0 Å². The summed E-state index contributed by atoms with van der Waals surface area (Å²) in [4.78, 5) is 16.2. The van der Waals surface area contributed by atoms with Crippen LogP contribution in [0.15, 0.2) is 28.6 Å². The number of amides is 1. The number of benzene rings is 1. The van der Waals surface area contributed by atoms with E-state index < -0.39 is 0 Å². The highest BCUT2D eigenvalue weighted by Gasteiger charge is 2.14. The van der Waals surface area contributed by atoms with Crippen molar-refractivity contribution in [2.24, 2.45) is 0 Å². The van der Waals surface area contributed by atoms with Crippen LogP contribution in [0.3, 0.4) is 0 Å². The van der Waals surface area contributed by atoms with Crippen molar-refractivity contribution in [2.75, 3.05) is 5.75 Å². The van der Waals surface area contributed by atoms with Crippen molar-refractivity contribution < 1.29 is 4.79 Å². The Hall–Kier alpha value is -1.07. The summed E-state index contributed by atoms with van der Waals surface area (Å²) in [6, 6.07) is 8.02. The van der Waals surface area contributed by atoms with Crippen molar-refractivity contribution in [3.63, 3.8) is 0 Å². The highest BCUT2D eigenvalue weighted by atomic mass is 32.2. The molecule has 1 amide bonds. The van der Waals surface area contributed by atoms with Gasteiger partial charge in [-0.25, -0.2) is 4.98 Å². The van der Waals surface area contributed by atoms with Gasteiger partial charge in [-0.15, -0.1) is 11.3 Å². The minimum atomic E-state index is -0.175. The molecule has 2 aromatic rings. The molecule has 0 bridgehead atoms. The first-order valence-electron chi connectivity index (χ1n) is 5.73. The Balaban J connectivity index is 1.96. The van der Waals surface area contributed by atoms with E-state index in [2.05, 4.69) is 10.3 Å². The van der Waals surface area contributed by atoms with Gasteiger partial charge in [-0.3, -0.25) is 4.79 Å². The molecule has 3 nitrogen and oxygen atoms in total. The van der Waals surface area contributed by atoms with Crippen LogP contribution in [-0.4, -0.2) is 22.2 Å². The first-order valence-corrected chi connectivity index (χ1v) is 7.54. The predicted octanol–water partition coefficient (Wildman–Crippen LogP) is 3.30. The Bertz CT molecular complexity index is 524. The zero-order valence-electron chi connectivity index (χ0n) is 10.7. The Morgan fingerprint density at radius 3 is 2.78 bits per heavy atom. The molecule has 1 N–H and O–H groups in total. The molecule has 0 fully saturated rings. The van der Waals surface area contributed by atoms with E-state index in [1.165, 1.54) is 11.8 Å². The summed E-state index contributed by atoms with van der Waals surface area (Å²) in [6.07, 6.45) is 0. The molecule has 96 valence electrons. The molecule has 1 heterocycles. The number of thioether (sulfide) groups is 1. The second-order valence-electron chi connectivity index (χ2n) is 5.03. The Labute approximate surface area is 115 Å². The number of carbonyl (C=O) groups excluding carboxylic acids is 1. The highest BCUT2D eigenvalue weighted by Crippen LogP contribution is 2.29. The maximum absolute atomic E-state index is 11.7. The monoisotopic (exact) mass is 280 g/mol. The fraction of sp³-hybridized carbons (Fsp3) is 0.385. The van der Waals surface area contributed by atoms with Crippen molar-refractivity contribution in [2.45, 2.75) is 30.6 Å². The van der Waals surface area contributed by atoms with Crippen LogP contribution in [0.1, 0.15) is 20.8 Å². The van der Waals surface area contributed by atoms with Crippen LogP contribution in [0, 0.1) is 0 Å². The third kappa shape index (κ3) is 3.71. The summed E-state index contributed by atoms with van der Waals surface area (Å²) >= 11 is 3.12. The lowest BCUT2D eigenvalue weighted by Gasteiger charge is -2.19. The lowest BCUT2D eigenvalue weighted by atomic mass is 10.1. The molecule has 0 saturated carbocycles. The molecule has 18 heavy (non-hydrogen) atoms. The molecule has 1 aromatic heterocycles. The third-order valence-electron chi connectivity index (χ3n) is 2.12. The normalized spacial score (nSPS) is 11.7. The zero-order valence-corrected chi connectivity index (χ0v) is 12.3. The number of thiazole rings is 1. The minimum Gasteiger partial charge on any atom is -0.351 e. The summed E-state index contributed by atoms with van der Waals surface area (Å²) in [7, 11) is 0. The quantitative estimate of drug-likeness (QED) is 0.877. The van der Waals surface area contributed by atoms with E-state index in [0.717, 1.165) is 14.6 Å². The van der Waals surface area contributed by atoms with Gasteiger partial charge in [-0.05, 0) is 32.9 Å². The van der Waals surface area contributed by atoms with E-state index in [-0.39, 0.29) is 11.4 Å². The molecule has 2 rings (SSSR count). The van der Waals surface area contributed by atoms with E-state index in [0.29, 0.717) is 5.75 Å². The molecule has 0 saturated heterocycles. The summed E-state index contributed by atoms with van der Waals surface area (Å²) in [6.45, 7) is 5.94. The van der Waals surface area contributed by atoms with Crippen molar-refractivity contribution in [3.05, 3.63) is 24.3 Å². The number of aromatic nitrogens is 1. The average Bonchev–Trinajstić information content (AvgIpc) is 2.66. The van der Waals surface area contributed by atoms with Crippen LogP contribution in [0.25, 0.3) is 10.2 Å². The number of hydrogen-bond acceptors (Lipinski definition) is 4. The number of hydrogen-bond donors (Lipinski definition) is 1. The number of carbonyl (C=O) groups is 1. The summed E-state index contributed by atoms with van der Waals surface area (Å²) < 4.78 is 2.11. The summed E-state index contributed by atoms with van der Waals surface area (Å²) in [5.41, 5.74) is 0.826. The fourth-order valence-electron chi connectivity index (χ4n) is 1.49. The van der Waals surface area contributed by atoms with E-state index >= 15 is 0 Å². The molecule has 0 unspecified atom stereocenters. The first kappa shape index (κ1) is 13.4. The zero-order chi connectivity index (χ0) is 13.2. The number of para-hydroxylation sites is 1. The van der Waals surface area contributed by atoms with Gasteiger partial charge in [0, 0.05) is 5.54 Å². The highest BCUT2D eigenvalue weighted by molar-refractivity contribution is 8.01. The minimum absolute atomic E-state index is 0.0479. The predicted molar refractivity (Wildman–Crippen MR) is 78.2 cm³/mol. The molecule has 5 heteroatoms. The van der Waals surface area contributed by atoms with Gasteiger partial charge in [-0.1, -0.05) is 23.9 Å². The van der Waals surface area contributed by atoms with Gasteiger partial charge in [0.25, 0.3) is 0 Å². The van der Waals surface area contributed by atoms with Crippen LogP contribution >= 0.6 is 23.1 Å². The second-order valence-corrected chi connectivity index (χ2v) is 7.29. The van der Waals surface area contributed by atoms with Crippen LogP contribution in [0.4, 0.5) is 0 Å². The van der Waals surface area contributed by atoms with Crippen LogP contribution < -0.4 is 5.32 Å². The lowest BCUT2D eigenvalue weighted by molar-refractivity contribution is -0.119. The SMILES string of the molecule is CC(C)(C)NC(=O)CSc1nc2ccccc2s1. The topological polar surface area (TPSA) is 42.0 Å². The molecule has 0 aliphatic carbocycles. The maximum Gasteiger partial charge on any atom is 0.230 e. The first-order chi connectivity index (χ1) is 8.44. The Morgan fingerprint density at radius 1 is 1.39 bits per heavy atom. The molecule has 0 atom stereocenters. The van der Waals surface area contributed by atoms with E-state index in [4.69, 9.17) is 0 Å². The summed E-state index contributed by atoms with van der Waals surface area (Å²) in [5.74, 6) is 0.462. The van der Waals surface area contributed by atoms with Gasteiger partial charge in [-0.2, -0.15) is 0 Å². The lowest BCUT2D eigenvalue weighted by Crippen LogP contribution is -2.41. The Kier molecular flexibility index (Phi) is 3.92. The van der Waals surface area contributed by atoms with Gasteiger partial charge in [0.1, 0.15) is 0 Å². The van der Waals surface area contributed by atoms with Crippen molar-refractivity contribution in [1.29, 1.82) is 0 Å². The van der Waals surface area contributed by atoms with E-state index in [1.54, 1.807) is 11.3 Å². The number of nitrogens with one attached hydrogen (secondary N) is 1. The number of rotatable bonds is 3. The molecule has 0 radical (unpaired) electrons. The van der Waals surface area contributed by atoms with E-state index in [9.17, 15) is 4.79 Å². The van der Waals surface area contributed by atoms with Gasteiger partial charge in [0.15, 0.2) is 4.34 Å². The van der Waals surface area contributed by atoms with Gasteiger partial charge < -0.3 is 5.32 Å². The fourth-order valence-corrected chi connectivity index (χ4v) is 3.36.